The number of aromatic amines is 1. The number of amides is 1. The molecule has 1 atom stereocenters. The third-order valence-corrected chi connectivity index (χ3v) is 3.50. The van der Waals surface area contributed by atoms with Crippen LogP contribution in [0.15, 0.2) is 12.1 Å². The standard InChI is InChI=1S/C13H18N2O3/c16-8-10-5-6-11(15-10)13(18)14-7-12(17)9-3-1-2-4-9/h5-6,8-9,12,15,17H,1-4,7H2,(H,14,18). The molecule has 0 spiro atoms. The van der Waals surface area contributed by atoms with Crippen molar-refractivity contribution in [1.82, 2.24) is 10.3 Å². The monoisotopic (exact) mass is 250 g/mol. The molecule has 1 heterocycles. The van der Waals surface area contributed by atoms with Crippen LogP contribution in [0.1, 0.15) is 46.7 Å². The van der Waals surface area contributed by atoms with Crippen LogP contribution < -0.4 is 5.32 Å². The maximum Gasteiger partial charge on any atom is 0.267 e. The number of nitrogens with one attached hydrogen (secondary N) is 2. The van der Waals surface area contributed by atoms with Gasteiger partial charge in [0.05, 0.1) is 11.8 Å². The summed E-state index contributed by atoms with van der Waals surface area (Å²) in [6, 6.07) is 3.11. The first-order valence-corrected chi connectivity index (χ1v) is 6.31. The van der Waals surface area contributed by atoms with Gasteiger partial charge in [0.1, 0.15) is 5.69 Å². The van der Waals surface area contributed by atoms with Gasteiger partial charge in [0.25, 0.3) is 5.91 Å². The summed E-state index contributed by atoms with van der Waals surface area (Å²) in [5.74, 6) is 0.0135. The van der Waals surface area contributed by atoms with Gasteiger partial charge in [-0.2, -0.15) is 0 Å². The topological polar surface area (TPSA) is 82.2 Å². The molecular formula is C13H18N2O3. The predicted octanol–water partition coefficient (Wildman–Crippen LogP) is 1.11. The Morgan fingerprint density at radius 1 is 1.50 bits per heavy atom. The van der Waals surface area contributed by atoms with E-state index in [-0.39, 0.29) is 12.5 Å². The normalized spacial score (nSPS) is 17.6. The molecular weight excluding hydrogens is 232 g/mol. The van der Waals surface area contributed by atoms with E-state index in [1.807, 2.05) is 0 Å². The van der Waals surface area contributed by atoms with E-state index in [1.54, 1.807) is 12.1 Å². The smallest absolute Gasteiger partial charge is 0.267 e. The van der Waals surface area contributed by atoms with E-state index in [0.29, 0.717) is 23.6 Å². The molecule has 1 fully saturated rings. The third-order valence-electron chi connectivity index (χ3n) is 3.50. The van der Waals surface area contributed by atoms with Crippen molar-refractivity contribution < 1.29 is 14.7 Å². The van der Waals surface area contributed by atoms with Crippen molar-refractivity contribution in [2.24, 2.45) is 5.92 Å². The van der Waals surface area contributed by atoms with Gasteiger partial charge >= 0.3 is 0 Å². The maximum absolute atomic E-state index is 11.7. The summed E-state index contributed by atoms with van der Waals surface area (Å²) in [5.41, 5.74) is 0.715. The minimum absolute atomic E-state index is 0.263. The number of aromatic nitrogens is 1. The second-order valence-corrected chi connectivity index (χ2v) is 4.77. The van der Waals surface area contributed by atoms with E-state index in [9.17, 15) is 14.7 Å². The van der Waals surface area contributed by atoms with Crippen molar-refractivity contribution in [3.8, 4) is 0 Å². The van der Waals surface area contributed by atoms with Gasteiger partial charge in [0.2, 0.25) is 0 Å². The van der Waals surface area contributed by atoms with Gasteiger partial charge in [-0.05, 0) is 30.9 Å². The van der Waals surface area contributed by atoms with Gasteiger partial charge in [0, 0.05) is 6.54 Å². The Hall–Kier alpha value is -1.62. The summed E-state index contributed by atoms with van der Waals surface area (Å²) in [5, 5.41) is 12.6. The third kappa shape index (κ3) is 2.98. The zero-order valence-corrected chi connectivity index (χ0v) is 10.2. The second kappa shape index (κ2) is 5.82. The number of carbonyl (C=O) groups excluding carboxylic acids is 2. The van der Waals surface area contributed by atoms with Crippen LogP contribution in [0.3, 0.4) is 0 Å². The highest BCUT2D eigenvalue weighted by Gasteiger charge is 2.23. The Labute approximate surface area is 106 Å². The molecule has 2 rings (SSSR count). The van der Waals surface area contributed by atoms with Crippen LogP contribution in [-0.2, 0) is 0 Å². The fraction of sp³-hybridized carbons (Fsp3) is 0.538. The number of rotatable bonds is 5. The number of aliphatic hydroxyl groups is 1. The first-order valence-electron chi connectivity index (χ1n) is 6.31. The van der Waals surface area contributed by atoms with E-state index < -0.39 is 6.10 Å². The molecule has 1 aliphatic rings. The van der Waals surface area contributed by atoms with Crippen molar-refractivity contribution in [3.05, 3.63) is 23.5 Å². The Morgan fingerprint density at radius 2 is 2.22 bits per heavy atom. The van der Waals surface area contributed by atoms with Crippen LogP contribution in [0.25, 0.3) is 0 Å². The molecule has 5 nitrogen and oxygen atoms in total. The highest BCUT2D eigenvalue weighted by atomic mass is 16.3. The lowest BCUT2D eigenvalue weighted by Crippen LogP contribution is -2.35. The summed E-state index contributed by atoms with van der Waals surface area (Å²) in [6.45, 7) is 0.263. The van der Waals surface area contributed by atoms with Gasteiger partial charge in [-0.25, -0.2) is 0 Å². The van der Waals surface area contributed by atoms with E-state index in [2.05, 4.69) is 10.3 Å². The number of hydrogen-bond donors (Lipinski definition) is 3. The fourth-order valence-electron chi connectivity index (χ4n) is 2.41. The quantitative estimate of drug-likeness (QED) is 0.684. The summed E-state index contributed by atoms with van der Waals surface area (Å²) in [4.78, 5) is 24.9. The summed E-state index contributed by atoms with van der Waals surface area (Å²) >= 11 is 0. The van der Waals surface area contributed by atoms with Gasteiger partial charge in [-0.15, -0.1) is 0 Å². The minimum Gasteiger partial charge on any atom is -0.391 e. The zero-order chi connectivity index (χ0) is 13.0. The van der Waals surface area contributed by atoms with E-state index >= 15 is 0 Å². The first-order chi connectivity index (χ1) is 8.70. The van der Waals surface area contributed by atoms with Crippen LogP contribution in [0.2, 0.25) is 0 Å². The van der Waals surface area contributed by atoms with Crippen LogP contribution in [-0.4, -0.2) is 34.9 Å². The van der Waals surface area contributed by atoms with Crippen molar-refractivity contribution in [2.45, 2.75) is 31.8 Å². The number of hydrogen-bond acceptors (Lipinski definition) is 3. The van der Waals surface area contributed by atoms with Crippen LogP contribution in [0.4, 0.5) is 0 Å². The number of aldehydes is 1. The Morgan fingerprint density at radius 3 is 2.83 bits per heavy atom. The van der Waals surface area contributed by atoms with Crippen molar-refractivity contribution >= 4 is 12.2 Å². The largest absolute Gasteiger partial charge is 0.391 e. The molecule has 0 aromatic carbocycles. The Balaban J connectivity index is 1.82. The molecule has 0 bridgehead atoms. The SMILES string of the molecule is O=Cc1ccc(C(=O)NCC(O)C2CCCC2)[nH]1. The minimum atomic E-state index is -0.475. The highest BCUT2D eigenvalue weighted by molar-refractivity contribution is 5.93. The van der Waals surface area contributed by atoms with Gasteiger partial charge in [0.15, 0.2) is 6.29 Å². The molecule has 0 aliphatic heterocycles. The molecule has 1 amide bonds. The predicted molar refractivity (Wildman–Crippen MR) is 66.5 cm³/mol. The van der Waals surface area contributed by atoms with E-state index in [0.717, 1.165) is 25.7 Å². The van der Waals surface area contributed by atoms with Crippen molar-refractivity contribution in [1.29, 1.82) is 0 Å². The number of H-pyrrole nitrogens is 1. The molecule has 18 heavy (non-hydrogen) atoms. The summed E-state index contributed by atoms with van der Waals surface area (Å²) < 4.78 is 0. The second-order valence-electron chi connectivity index (χ2n) is 4.77. The molecule has 1 aromatic heterocycles. The molecule has 0 radical (unpaired) electrons. The Bertz CT molecular complexity index is 422. The molecule has 3 N–H and O–H groups in total. The summed E-state index contributed by atoms with van der Waals surface area (Å²) in [6.07, 6.45) is 4.58. The van der Waals surface area contributed by atoms with Crippen molar-refractivity contribution in [2.75, 3.05) is 6.54 Å². The fourth-order valence-corrected chi connectivity index (χ4v) is 2.41. The number of carbonyl (C=O) groups is 2. The van der Waals surface area contributed by atoms with E-state index in [1.165, 1.54) is 0 Å². The molecule has 0 saturated heterocycles. The lowest BCUT2D eigenvalue weighted by atomic mass is 10.0. The van der Waals surface area contributed by atoms with Gasteiger partial charge in [-0.1, -0.05) is 12.8 Å². The first kappa shape index (κ1) is 12.8. The molecule has 1 aliphatic carbocycles. The molecule has 1 unspecified atom stereocenters. The lowest BCUT2D eigenvalue weighted by Gasteiger charge is -2.17. The Kier molecular flexibility index (Phi) is 4.15. The average Bonchev–Trinajstić information content (AvgIpc) is 3.05. The van der Waals surface area contributed by atoms with Crippen LogP contribution in [0.5, 0.6) is 0 Å². The van der Waals surface area contributed by atoms with Gasteiger partial charge in [-0.3, -0.25) is 9.59 Å². The average molecular weight is 250 g/mol. The van der Waals surface area contributed by atoms with Crippen molar-refractivity contribution in [3.63, 3.8) is 0 Å². The highest BCUT2D eigenvalue weighted by Crippen LogP contribution is 2.27. The molecule has 98 valence electrons. The van der Waals surface area contributed by atoms with E-state index in [4.69, 9.17) is 0 Å². The molecule has 1 saturated carbocycles. The maximum atomic E-state index is 11.7. The molecule has 1 aromatic rings. The van der Waals surface area contributed by atoms with Gasteiger partial charge < -0.3 is 15.4 Å². The van der Waals surface area contributed by atoms with Crippen LogP contribution in [0, 0.1) is 5.92 Å². The lowest BCUT2D eigenvalue weighted by molar-refractivity contribution is 0.0837. The summed E-state index contributed by atoms with van der Waals surface area (Å²) in [7, 11) is 0. The number of aliphatic hydroxyl groups excluding tert-OH is 1. The van der Waals surface area contributed by atoms with Crippen LogP contribution >= 0.6 is 0 Å². The zero-order valence-electron chi connectivity index (χ0n) is 10.2. The molecule has 5 heteroatoms.